The summed E-state index contributed by atoms with van der Waals surface area (Å²) >= 11 is 18.4. The standard InChI is InChI=1S/C26H34Cl3N3O5S/c1-6-17(2)30-26(34)18(3)31(16-19-9-11-21(27)22(28)14-19)25(33)8-7-13-32(38(5,35)36)20-10-12-24(37-4)23(29)15-20/h9-12,14-15,17-18H,6-8,13,16H2,1-5H3,(H,30,34). The van der Waals surface area contributed by atoms with Gasteiger partial charge in [-0.15, -0.1) is 0 Å². The molecule has 0 aromatic heterocycles. The Hall–Kier alpha value is -2.20. The van der Waals surface area contributed by atoms with Gasteiger partial charge in [-0.05, 0) is 62.6 Å². The summed E-state index contributed by atoms with van der Waals surface area (Å²) in [5.41, 5.74) is 1.07. The molecule has 0 aliphatic carbocycles. The van der Waals surface area contributed by atoms with E-state index in [1.54, 1.807) is 37.3 Å². The molecule has 0 heterocycles. The molecule has 2 atom stereocenters. The number of sulfonamides is 1. The Morgan fingerprint density at radius 1 is 1.03 bits per heavy atom. The maximum absolute atomic E-state index is 13.4. The quantitative estimate of drug-likeness (QED) is 0.323. The van der Waals surface area contributed by atoms with Crippen LogP contribution in [0.1, 0.15) is 45.6 Å². The van der Waals surface area contributed by atoms with E-state index in [0.717, 1.165) is 12.7 Å². The lowest BCUT2D eigenvalue weighted by atomic mass is 10.1. The number of anilines is 1. The first-order chi connectivity index (χ1) is 17.8. The van der Waals surface area contributed by atoms with Gasteiger partial charge in [0.1, 0.15) is 11.8 Å². The highest BCUT2D eigenvalue weighted by molar-refractivity contribution is 7.92. The molecule has 2 aromatic rings. The Balaban J connectivity index is 2.22. The number of ether oxygens (including phenoxy) is 1. The first-order valence-electron chi connectivity index (χ1n) is 12.1. The van der Waals surface area contributed by atoms with E-state index in [1.807, 2.05) is 13.8 Å². The minimum atomic E-state index is -3.66. The van der Waals surface area contributed by atoms with Crippen LogP contribution in [0.25, 0.3) is 0 Å². The lowest BCUT2D eigenvalue weighted by molar-refractivity contribution is -0.140. The zero-order valence-corrected chi connectivity index (χ0v) is 25.2. The fourth-order valence-electron chi connectivity index (χ4n) is 3.70. The number of amides is 2. The molecule has 2 amide bonds. The molecular formula is C26H34Cl3N3O5S. The first-order valence-corrected chi connectivity index (χ1v) is 15.1. The molecule has 0 fully saturated rings. The molecule has 0 aliphatic rings. The predicted octanol–water partition coefficient (Wildman–Crippen LogP) is 5.53. The second kappa shape index (κ2) is 14.3. The second-order valence-electron chi connectivity index (χ2n) is 9.02. The van der Waals surface area contributed by atoms with Crippen molar-refractivity contribution < 1.29 is 22.7 Å². The first kappa shape index (κ1) is 32.0. The normalized spacial score (nSPS) is 12.9. The Morgan fingerprint density at radius 3 is 2.26 bits per heavy atom. The molecule has 0 bridgehead atoms. The van der Waals surface area contributed by atoms with Crippen molar-refractivity contribution in [2.24, 2.45) is 0 Å². The van der Waals surface area contributed by atoms with Gasteiger partial charge in [-0.2, -0.15) is 0 Å². The van der Waals surface area contributed by atoms with Gasteiger partial charge in [0.05, 0.1) is 34.1 Å². The number of benzene rings is 2. The molecule has 0 spiro atoms. The molecule has 8 nitrogen and oxygen atoms in total. The third kappa shape index (κ3) is 8.93. The Kier molecular flexibility index (Phi) is 12.0. The number of halogens is 3. The van der Waals surface area contributed by atoms with Crippen LogP contribution in [0.4, 0.5) is 5.69 Å². The summed E-state index contributed by atoms with van der Waals surface area (Å²) in [6, 6.07) is 8.89. The average Bonchev–Trinajstić information content (AvgIpc) is 2.85. The topological polar surface area (TPSA) is 96.0 Å². The van der Waals surface area contributed by atoms with Crippen LogP contribution in [0, 0.1) is 0 Å². The van der Waals surface area contributed by atoms with Gasteiger partial charge in [0, 0.05) is 25.6 Å². The van der Waals surface area contributed by atoms with Crippen molar-refractivity contribution in [2.45, 2.75) is 58.7 Å². The molecule has 0 saturated carbocycles. The third-order valence-corrected chi connectivity index (χ3v) is 8.31. The number of rotatable bonds is 13. The lowest BCUT2D eigenvalue weighted by Gasteiger charge is -2.30. The van der Waals surface area contributed by atoms with E-state index in [-0.39, 0.29) is 48.8 Å². The van der Waals surface area contributed by atoms with Crippen LogP contribution in [0.5, 0.6) is 5.75 Å². The number of carbonyl (C=O) groups excluding carboxylic acids is 2. The van der Waals surface area contributed by atoms with Crippen molar-refractivity contribution in [1.82, 2.24) is 10.2 Å². The Labute approximate surface area is 240 Å². The van der Waals surface area contributed by atoms with Gasteiger partial charge in [0.15, 0.2) is 0 Å². The molecule has 2 rings (SSSR count). The number of hydrogen-bond acceptors (Lipinski definition) is 5. The summed E-state index contributed by atoms with van der Waals surface area (Å²) in [5.74, 6) is -0.163. The van der Waals surface area contributed by atoms with Gasteiger partial charge in [-0.25, -0.2) is 8.42 Å². The molecule has 12 heteroatoms. The maximum atomic E-state index is 13.4. The van der Waals surface area contributed by atoms with E-state index < -0.39 is 16.1 Å². The van der Waals surface area contributed by atoms with Crippen molar-refractivity contribution in [2.75, 3.05) is 24.2 Å². The van der Waals surface area contributed by atoms with Crippen molar-refractivity contribution >= 4 is 62.3 Å². The van der Waals surface area contributed by atoms with Gasteiger partial charge in [0.2, 0.25) is 21.8 Å². The highest BCUT2D eigenvalue weighted by Gasteiger charge is 2.27. The highest BCUT2D eigenvalue weighted by atomic mass is 35.5. The summed E-state index contributed by atoms with van der Waals surface area (Å²) in [7, 11) is -2.19. The van der Waals surface area contributed by atoms with E-state index in [9.17, 15) is 18.0 Å². The van der Waals surface area contributed by atoms with E-state index in [2.05, 4.69) is 5.32 Å². The fourth-order valence-corrected chi connectivity index (χ4v) is 5.23. The minimum Gasteiger partial charge on any atom is -0.495 e. The van der Waals surface area contributed by atoms with Crippen LogP contribution in [0.3, 0.4) is 0 Å². The fraction of sp³-hybridized carbons (Fsp3) is 0.462. The predicted molar refractivity (Wildman–Crippen MR) is 154 cm³/mol. The van der Waals surface area contributed by atoms with Crippen molar-refractivity contribution in [3.63, 3.8) is 0 Å². The third-order valence-electron chi connectivity index (χ3n) is 6.08. The van der Waals surface area contributed by atoms with Crippen molar-refractivity contribution in [1.29, 1.82) is 0 Å². The van der Waals surface area contributed by atoms with Crippen LogP contribution in [0.2, 0.25) is 15.1 Å². The summed E-state index contributed by atoms with van der Waals surface area (Å²) < 4.78 is 31.4. The van der Waals surface area contributed by atoms with E-state index in [4.69, 9.17) is 39.5 Å². The van der Waals surface area contributed by atoms with Crippen molar-refractivity contribution in [3.05, 3.63) is 57.0 Å². The van der Waals surface area contributed by atoms with E-state index in [0.29, 0.717) is 27.0 Å². The second-order valence-corrected chi connectivity index (χ2v) is 12.1. The lowest BCUT2D eigenvalue weighted by Crippen LogP contribution is -2.49. The molecule has 1 N–H and O–H groups in total. The smallest absolute Gasteiger partial charge is 0.242 e. The molecule has 0 aliphatic heterocycles. The van der Waals surface area contributed by atoms with Crippen LogP contribution >= 0.6 is 34.8 Å². The molecule has 210 valence electrons. The number of nitrogens with one attached hydrogen (secondary N) is 1. The minimum absolute atomic E-state index is 0.0121. The molecule has 0 saturated heterocycles. The maximum Gasteiger partial charge on any atom is 0.242 e. The Bertz CT molecular complexity index is 1240. The van der Waals surface area contributed by atoms with E-state index >= 15 is 0 Å². The van der Waals surface area contributed by atoms with Gasteiger partial charge in [-0.3, -0.25) is 13.9 Å². The van der Waals surface area contributed by atoms with Crippen LogP contribution in [0.15, 0.2) is 36.4 Å². The Morgan fingerprint density at radius 2 is 1.71 bits per heavy atom. The van der Waals surface area contributed by atoms with Gasteiger partial charge in [0.25, 0.3) is 0 Å². The SMILES string of the molecule is CCC(C)NC(=O)C(C)N(Cc1ccc(Cl)c(Cl)c1)C(=O)CCCN(c1ccc(OC)c(Cl)c1)S(C)(=O)=O. The molecule has 2 unspecified atom stereocenters. The van der Waals surface area contributed by atoms with Gasteiger partial charge >= 0.3 is 0 Å². The zero-order valence-electron chi connectivity index (χ0n) is 22.1. The zero-order chi connectivity index (χ0) is 28.6. The number of hydrogen-bond donors (Lipinski definition) is 1. The number of methoxy groups -OCH3 is 1. The summed E-state index contributed by atoms with van der Waals surface area (Å²) in [6.07, 6.45) is 2.06. The average molecular weight is 607 g/mol. The summed E-state index contributed by atoms with van der Waals surface area (Å²) in [5, 5.41) is 3.91. The van der Waals surface area contributed by atoms with Crippen LogP contribution in [-0.4, -0.2) is 57.1 Å². The van der Waals surface area contributed by atoms with Crippen LogP contribution in [-0.2, 0) is 26.2 Å². The highest BCUT2D eigenvalue weighted by Crippen LogP contribution is 2.30. The summed E-state index contributed by atoms with van der Waals surface area (Å²) in [6.45, 7) is 5.68. The molecule has 2 aromatic carbocycles. The van der Waals surface area contributed by atoms with Gasteiger partial charge in [-0.1, -0.05) is 47.8 Å². The van der Waals surface area contributed by atoms with Crippen molar-refractivity contribution in [3.8, 4) is 5.75 Å². The largest absolute Gasteiger partial charge is 0.495 e. The molecule has 0 radical (unpaired) electrons. The van der Waals surface area contributed by atoms with E-state index in [1.165, 1.54) is 22.4 Å². The summed E-state index contributed by atoms with van der Waals surface area (Å²) in [4.78, 5) is 27.7. The number of nitrogens with zero attached hydrogens (tertiary/aromatic N) is 2. The molecule has 38 heavy (non-hydrogen) atoms. The van der Waals surface area contributed by atoms with Crippen LogP contribution < -0.4 is 14.4 Å². The monoisotopic (exact) mass is 605 g/mol. The molecular weight excluding hydrogens is 573 g/mol. The number of carbonyl (C=O) groups is 2. The van der Waals surface area contributed by atoms with Gasteiger partial charge < -0.3 is 15.0 Å².